The number of allylic oxidation sites excluding steroid dienone is 3. The normalized spacial score (nSPS) is 26.1. The van der Waals surface area contributed by atoms with Gasteiger partial charge in [-0.2, -0.15) is 0 Å². The third-order valence-corrected chi connectivity index (χ3v) is 10.3. The molecule has 5 heterocycles. The largest absolute Gasteiger partial charge is 0.466 e. The van der Waals surface area contributed by atoms with Crippen molar-refractivity contribution >= 4 is 29.7 Å². The van der Waals surface area contributed by atoms with E-state index in [1.54, 1.807) is 6.92 Å². The Morgan fingerprint density at radius 2 is 1.78 bits per heavy atom. The summed E-state index contributed by atoms with van der Waals surface area (Å²) in [6.07, 6.45) is 6.89. The minimum absolute atomic E-state index is 0.0832. The van der Waals surface area contributed by atoms with Gasteiger partial charge in [-0.25, -0.2) is 4.79 Å². The van der Waals surface area contributed by atoms with E-state index in [0.717, 1.165) is 51.0 Å². The van der Waals surface area contributed by atoms with Crippen molar-refractivity contribution in [3.05, 3.63) is 84.2 Å². The van der Waals surface area contributed by atoms with Crippen LogP contribution in [-0.4, -0.2) is 46.8 Å². The Hall–Kier alpha value is -4.24. The Morgan fingerprint density at radius 1 is 1.02 bits per heavy atom. The minimum Gasteiger partial charge on any atom is -0.466 e. The molecule has 0 fully saturated rings. The molecule has 45 heavy (non-hydrogen) atoms. The highest BCUT2D eigenvalue weighted by atomic mass is 16.5. The minimum atomic E-state index is -1.17. The molecule has 0 spiro atoms. The lowest BCUT2D eigenvalue weighted by Crippen LogP contribution is -2.28. The van der Waals surface area contributed by atoms with Gasteiger partial charge in [0, 0.05) is 62.9 Å². The lowest BCUT2D eigenvalue weighted by Gasteiger charge is -2.14. The molecular formula is C36H44N4O5. The summed E-state index contributed by atoms with van der Waals surface area (Å²) in [7, 11) is 1.33. The molecule has 238 valence electrons. The number of carbonyl (C=O) groups excluding carboxylic acids is 2. The van der Waals surface area contributed by atoms with Crippen molar-refractivity contribution in [2.24, 2.45) is 11.8 Å². The second kappa shape index (κ2) is 11.6. The summed E-state index contributed by atoms with van der Waals surface area (Å²) in [5, 5.41) is 21.3. The van der Waals surface area contributed by atoms with Crippen LogP contribution in [0.15, 0.2) is 39.9 Å². The standard InChI is InChI=1S/C36H44N4O5/c1-9-21-18(5)25-13-23-16(3)17(4)24(37-23)14-26-19(6)22(11-12-29(41)45-10-2)33(39-26)31-32(36(43)44-8)35(42)30-20(7)27(40-34(30)31)15-28(21)38-25/h13-16,19,23,35,37-40,42H,9-12H2,1-8H3/b25-13-,26-14-,28-15-/t16-,19+,23?,35-/m1/s1. The Morgan fingerprint density at radius 3 is 2.47 bits per heavy atom. The zero-order chi connectivity index (χ0) is 32.3. The first-order chi connectivity index (χ1) is 21.5. The van der Waals surface area contributed by atoms with Gasteiger partial charge in [0.25, 0.3) is 0 Å². The molecule has 2 aromatic heterocycles. The fourth-order valence-corrected chi connectivity index (χ4v) is 7.42. The van der Waals surface area contributed by atoms with Crippen LogP contribution in [0, 0.1) is 25.7 Å². The molecule has 9 heteroatoms. The summed E-state index contributed by atoms with van der Waals surface area (Å²) in [6.45, 7) is 14.9. The van der Waals surface area contributed by atoms with Crippen molar-refractivity contribution < 1.29 is 24.2 Å². The number of carbonyl (C=O) groups is 2. The van der Waals surface area contributed by atoms with E-state index in [0.29, 0.717) is 29.9 Å². The van der Waals surface area contributed by atoms with Crippen molar-refractivity contribution in [2.75, 3.05) is 13.7 Å². The van der Waals surface area contributed by atoms with E-state index >= 15 is 0 Å². The molecule has 9 nitrogen and oxygen atoms in total. The number of H-pyrrole nitrogens is 2. The van der Waals surface area contributed by atoms with E-state index < -0.39 is 12.1 Å². The highest BCUT2D eigenvalue weighted by molar-refractivity contribution is 6.06. The van der Waals surface area contributed by atoms with Gasteiger partial charge >= 0.3 is 11.9 Å². The highest BCUT2D eigenvalue weighted by Crippen LogP contribution is 2.49. The summed E-state index contributed by atoms with van der Waals surface area (Å²) in [6, 6.07) is 0.105. The lowest BCUT2D eigenvalue weighted by atomic mass is 9.92. The molecule has 0 aromatic carbocycles. The third-order valence-electron chi connectivity index (χ3n) is 10.3. The number of esters is 2. The van der Waals surface area contributed by atoms with Gasteiger partial charge in [-0.3, -0.25) is 4.79 Å². The molecule has 1 unspecified atom stereocenters. The van der Waals surface area contributed by atoms with E-state index in [-0.39, 0.29) is 35.8 Å². The van der Waals surface area contributed by atoms with Crippen molar-refractivity contribution in [2.45, 2.75) is 79.9 Å². The maximum absolute atomic E-state index is 13.3. The van der Waals surface area contributed by atoms with Crippen LogP contribution < -0.4 is 21.3 Å². The zero-order valence-corrected chi connectivity index (χ0v) is 27.5. The Kier molecular flexibility index (Phi) is 7.93. The topological polar surface area (TPSA) is 128 Å². The highest BCUT2D eigenvalue weighted by Gasteiger charge is 2.43. The van der Waals surface area contributed by atoms with E-state index in [9.17, 15) is 14.7 Å². The molecule has 6 rings (SSSR count). The van der Waals surface area contributed by atoms with Crippen LogP contribution in [0.2, 0.25) is 0 Å². The van der Waals surface area contributed by atoms with Crippen LogP contribution in [-0.2, 0) is 25.5 Å². The van der Waals surface area contributed by atoms with E-state index in [4.69, 9.17) is 9.47 Å². The number of hydrogen-bond acceptors (Lipinski definition) is 7. The molecule has 4 atom stereocenters. The van der Waals surface area contributed by atoms with Gasteiger partial charge in [0.15, 0.2) is 0 Å². The van der Waals surface area contributed by atoms with Gasteiger partial charge in [-0.15, -0.1) is 0 Å². The van der Waals surface area contributed by atoms with Crippen molar-refractivity contribution in [1.82, 2.24) is 20.6 Å². The van der Waals surface area contributed by atoms with Crippen molar-refractivity contribution in [3.63, 3.8) is 0 Å². The summed E-state index contributed by atoms with van der Waals surface area (Å²) in [5.74, 6) is -0.675. The maximum atomic E-state index is 13.3. The zero-order valence-electron chi connectivity index (χ0n) is 27.5. The first-order valence-electron chi connectivity index (χ1n) is 16.0. The summed E-state index contributed by atoms with van der Waals surface area (Å²) >= 11 is 0. The van der Waals surface area contributed by atoms with Crippen LogP contribution >= 0.6 is 0 Å². The van der Waals surface area contributed by atoms with E-state index in [1.807, 2.05) is 6.92 Å². The Labute approximate surface area is 263 Å². The molecule has 8 bridgehead atoms. The Balaban J connectivity index is 1.65. The predicted octanol–water partition coefficient (Wildman–Crippen LogP) is 3.72. The summed E-state index contributed by atoms with van der Waals surface area (Å²) in [4.78, 5) is 33.1. The van der Waals surface area contributed by atoms with Gasteiger partial charge in [0.05, 0.1) is 31.0 Å². The van der Waals surface area contributed by atoms with Gasteiger partial charge in [0.1, 0.15) is 6.10 Å². The van der Waals surface area contributed by atoms with Gasteiger partial charge in [0.2, 0.25) is 0 Å². The molecular weight excluding hydrogens is 568 g/mol. The van der Waals surface area contributed by atoms with Crippen LogP contribution in [0.3, 0.4) is 0 Å². The number of rotatable bonds is 6. The number of methoxy groups -OCH3 is 1. The lowest BCUT2D eigenvalue weighted by molar-refractivity contribution is -0.143. The first kappa shape index (κ1) is 30.8. The average molecular weight is 613 g/mol. The van der Waals surface area contributed by atoms with Crippen LogP contribution in [0.5, 0.6) is 0 Å². The quantitative estimate of drug-likeness (QED) is 0.315. The molecule has 1 aliphatic carbocycles. The number of aliphatic hydroxyl groups is 1. The molecule has 0 saturated carbocycles. The van der Waals surface area contributed by atoms with E-state index in [2.05, 4.69) is 73.4 Å². The average Bonchev–Trinajstić information content (AvgIpc) is 3.74. The fraction of sp³-hybridized carbons (Fsp3) is 0.444. The SMILES string of the molecule is CCOC(=O)CCC1=C2N/C(=C\C3=C(C)[C@@H](C)C(/C=c4\[nH]/c(c(CC)c4C)=C\c4[nH]c5c(c4C)[C@@H](O)C(C(=O)OC)=C25)N3)[C@H]1C. The number of ether oxygens (including phenoxy) is 2. The van der Waals surface area contributed by atoms with Gasteiger partial charge < -0.3 is 35.2 Å². The molecule has 0 saturated heterocycles. The fourth-order valence-electron chi connectivity index (χ4n) is 7.42. The summed E-state index contributed by atoms with van der Waals surface area (Å²) < 4.78 is 10.5. The molecule has 3 aliphatic heterocycles. The van der Waals surface area contributed by atoms with Crippen molar-refractivity contribution in [3.8, 4) is 0 Å². The number of fused-ring (bicyclic) bond motifs is 8. The van der Waals surface area contributed by atoms with E-state index in [1.165, 1.54) is 23.8 Å². The molecule has 5 N–H and O–H groups in total. The second-order valence-electron chi connectivity index (χ2n) is 12.6. The summed E-state index contributed by atoms with van der Waals surface area (Å²) in [5.41, 5.74) is 11.2. The Bertz CT molecular complexity index is 1860. The molecule has 2 aromatic rings. The number of hydrogen-bond donors (Lipinski definition) is 5. The second-order valence-corrected chi connectivity index (χ2v) is 12.6. The van der Waals surface area contributed by atoms with Crippen LogP contribution in [0.1, 0.15) is 87.2 Å². The first-order valence-corrected chi connectivity index (χ1v) is 16.0. The van der Waals surface area contributed by atoms with Crippen molar-refractivity contribution in [1.29, 1.82) is 0 Å². The molecule has 0 radical (unpaired) electrons. The van der Waals surface area contributed by atoms with Crippen LogP contribution in [0.4, 0.5) is 0 Å². The number of aromatic nitrogens is 2. The van der Waals surface area contributed by atoms with Gasteiger partial charge in [-0.05, 0) is 86.6 Å². The maximum Gasteiger partial charge on any atom is 0.337 e. The molecule has 0 amide bonds. The van der Waals surface area contributed by atoms with Gasteiger partial charge in [-0.1, -0.05) is 20.8 Å². The van der Waals surface area contributed by atoms with Crippen LogP contribution in [0.25, 0.3) is 17.7 Å². The third kappa shape index (κ3) is 4.88. The number of aromatic amines is 2. The monoisotopic (exact) mass is 612 g/mol. The smallest absolute Gasteiger partial charge is 0.337 e. The number of aliphatic hydroxyl groups excluding tert-OH is 1. The molecule has 4 aliphatic rings. The number of nitrogens with one attached hydrogen (secondary N) is 4. The predicted molar refractivity (Wildman–Crippen MR) is 174 cm³/mol.